The molecule has 64 valence electrons. The van der Waals surface area contributed by atoms with Gasteiger partial charge in [-0.1, -0.05) is 12.1 Å². The Bertz CT molecular complexity index is 236. The number of phenolic OH excluding ortho intramolecular Hbond substituents is 2. The Balaban J connectivity index is 0.000000261. The van der Waals surface area contributed by atoms with Crippen molar-refractivity contribution in [1.82, 2.24) is 0 Å². The zero-order valence-electron chi connectivity index (χ0n) is 6.56. The van der Waals surface area contributed by atoms with Gasteiger partial charge in [-0.15, -0.1) is 0 Å². The second-order valence-corrected chi connectivity index (χ2v) is 2.01. The number of phenols is 2. The quantitative estimate of drug-likeness (QED) is 0.386. The summed E-state index contributed by atoms with van der Waals surface area (Å²) in [5, 5.41) is 24.8. The van der Waals surface area contributed by atoms with E-state index in [0.29, 0.717) is 0 Å². The van der Waals surface area contributed by atoms with Crippen LogP contribution in [-0.2, 0) is 0 Å². The van der Waals surface area contributed by atoms with Crippen molar-refractivity contribution < 1.29 is 20.1 Å². The maximum atomic E-state index is 9.00. The predicted molar refractivity (Wildman–Crippen MR) is 46.3 cm³/mol. The molecule has 12 heavy (non-hydrogen) atoms. The average molecular weight is 168 g/mol. The number of benzene rings is 1. The summed E-state index contributed by atoms with van der Waals surface area (Å²) in [4.78, 5) is 9.00. The average Bonchev–Trinajstić information content (AvgIpc) is 1.94. The molecule has 0 aliphatic rings. The predicted octanol–water partition coefficient (Wildman–Crippen LogP) is 0.395. The molecule has 0 spiro atoms. The normalized spacial score (nSPS) is 8.00. The van der Waals surface area contributed by atoms with Gasteiger partial charge in [-0.05, 0) is 12.1 Å². The Morgan fingerprint density at radius 3 is 1.58 bits per heavy atom. The van der Waals surface area contributed by atoms with Crippen molar-refractivity contribution in [3.63, 3.8) is 0 Å². The molecule has 0 saturated carbocycles. The fourth-order valence-corrected chi connectivity index (χ4v) is 0.464. The molecule has 1 aromatic carbocycles. The number of aromatic hydroxyl groups is 2. The molecule has 0 amide bonds. The molecule has 0 radical (unpaired) electrons. The van der Waals surface area contributed by atoms with Crippen LogP contribution in [0.15, 0.2) is 24.3 Å². The Kier molecular flexibility index (Phi) is 4.37. The van der Waals surface area contributed by atoms with Crippen molar-refractivity contribution in [2.45, 2.75) is 0 Å². The zero-order chi connectivity index (χ0) is 9.56. The molecule has 0 bridgehead atoms. The van der Waals surface area contributed by atoms with Crippen LogP contribution in [-0.4, -0.2) is 29.0 Å². The molecule has 0 atom stereocenters. The van der Waals surface area contributed by atoms with Gasteiger partial charge in [0.2, 0.25) is 13.7 Å². The van der Waals surface area contributed by atoms with E-state index in [1.165, 1.54) is 12.1 Å². The van der Waals surface area contributed by atoms with Crippen LogP contribution in [0.25, 0.3) is 0 Å². The summed E-state index contributed by atoms with van der Waals surface area (Å²) in [6.45, 7) is 0. The Hall–Kier alpha value is -1.65. The highest BCUT2D eigenvalue weighted by Gasteiger charge is 1.90. The van der Waals surface area contributed by atoms with Crippen LogP contribution >= 0.6 is 0 Å². The maximum absolute atomic E-state index is 9.00. The molecule has 4 nitrogen and oxygen atoms in total. The fraction of sp³-hybridized carbons (Fsp3) is 0. The fourth-order valence-electron chi connectivity index (χ4n) is 0.464. The largest absolute Gasteiger partial charge is 0.504 e. The lowest BCUT2D eigenvalue weighted by Crippen LogP contribution is -1.83. The van der Waals surface area contributed by atoms with Crippen LogP contribution in [0, 0.1) is 0 Å². The SMILES string of the molecule is BC(=O)O.Oc1ccccc1O. The number of hydrogen-bond donors (Lipinski definition) is 3. The number of hydrogen-bond acceptors (Lipinski definition) is 3. The molecule has 0 fully saturated rings. The van der Waals surface area contributed by atoms with E-state index in [1.807, 2.05) is 0 Å². The summed E-state index contributed by atoms with van der Waals surface area (Å²) in [7, 11) is 1.08. The highest BCUT2D eigenvalue weighted by atomic mass is 16.4. The van der Waals surface area contributed by atoms with E-state index in [2.05, 4.69) is 0 Å². The standard InChI is InChI=1S/C6H6O2.CH3BO2/c7-5-3-1-2-4-6(5)8;2-1(3)4/h1-4,7-8H;2H2,(H,3,4). The molecule has 0 aliphatic heterocycles. The lowest BCUT2D eigenvalue weighted by molar-refractivity contribution is 0.220. The van der Waals surface area contributed by atoms with E-state index in [0.717, 1.165) is 7.85 Å². The first-order valence-corrected chi connectivity index (χ1v) is 3.20. The molecule has 0 saturated heterocycles. The minimum atomic E-state index is -0.833. The number of para-hydroxylation sites is 2. The van der Waals surface area contributed by atoms with Gasteiger partial charge in [-0.25, -0.2) is 0 Å². The van der Waals surface area contributed by atoms with E-state index in [-0.39, 0.29) is 11.5 Å². The molecule has 0 aliphatic carbocycles. The molecule has 0 heterocycles. The Labute approximate surface area is 70.5 Å². The van der Waals surface area contributed by atoms with Crippen molar-refractivity contribution >= 4 is 13.7 Å². The number of carbonyl (C=O) groups is 1. The lowest BCUT2D eigenvalue weighted by Gasteiger charge is -1.91. The maximum Gasteiger partial charge on any atom is 0.242 e. The highest BCUT2D eigenvalue weighted by molar-refractivity contribution is 6.54. The lowest BCUT2D eigenvalue weighted by atomic mass is 10.2. The number of carboxylic acid groups (broad SMARTS) is 1. The molecule has 5 heteroatoms. The third-order valence-electron chi connectivity index (χ3n) is 0.882. The van der Waals surface area contributed by atoms with Crippen LogP contribution in [0.2, 0.25) is 0 Å². The first kappa shape index (κ1) is 10.4. The van der Waals surface area contributed by atoms with Gasteiger partial charge in [-0.2, -0.15) is 0 Å². The molecule has 0 aromatic heterocycles. The van der Waals surface area contributed by atoms with Crippen LogP contribution < -0.4 is 0 Å². The zero-order valence-corrected chi connectivity index (χ0v) is 6.56. The van der Waals surface area contributed by atoms with Crippen molar-refractivity contribution in [3.8, 4) is 11.5 Å². The molecule has 3 N–H and O–H groups in total. The van der Waals surface area contributed by atoms with Gasteiger partial charge in [0.05, 0.1) is 0 Å². The molecular formula is C7H9BO4. The molecule has 0 unspecified atom stereocenters. The second-order valence-electron chi connectivity index (χ2n) is 2.01. The summed E-state index contributed by atoms with van der Waals surface area (Å²) in [5.74, 6) is -0.986. The molecule has 1 aromatic rings. The van der Waals surface area contributed by atoms with Crippen molar-refractivity contribution in [2.75, 3.05) is 0 Å². The Morgan fingerprint density at radius 1 is 1.17 bits per heavy atom. The second kappa shape index (κ2) is 5.06. The van der Waals surface area contributed by atoms with E-state index in [1.54, 1.807) is 12.1 Å². The first-order chi connectivity index (χ1) is 5.54. The van der Waals surface area contributed by atoms with Gasteiger partial charge < -0.3 is 15.3 Å². The summed E-state index contributed by atoms with van der Waals surface area (Å²) >= 11 is 0. The van der Waals surface area contributed by atoms with Crippen LogP contribution in [0.1, 0.15) is 0 Å². The minimum Gasteiger partial charge on any atom is -0.504 e. The Morgan fingerprint density at radius 2 is 1.42 bits per heavy atom. The third kappa shape index (κ3) is 5.16. The van der Waals surface area contributed by atoms with E-state index < -0.39 is 5.87 Å². The van der Waals surface area contributed by atoms with E-state index in [4.69, 9.17) is 20.1 Å². The van der Waals surface area contributed by atoms with Crippen LogP contribution in [0.4, 0.5) is 4.79 Å². The van der Waals surface area contributed by atoms with Gasteiger partial charge in [0.1, 0.15) is 0 Å². The first-order valence-electron chi connectivity index (χ1n) is 3.20. The van der Waals surface area contributed by atoms with Gasteiger partial charge in [0, 0.05) is 0 Å². The van der Waals surface area contributed by atoms with Gasteiger partial charge >= 0.3 is 0 Å². The third-order valence-corrected chi connectivity index (χ3v) is 0.882. The van der Waals surface area contributed by atoms with Crippen LogP contribution in [0.3, 0.4) is 0 Å². The minimum absolute atomic E-state index is 0.0764. The summed E-state index contributed by atoms with van der Waals surface area (Å²) < 4.78 is 0. The molecular weight excluding hydrogens is 159 g/mol. The van der Waals surface area contributed by atoms with Gasteiger partial charge in [-0.3, -0.25) is 4.79 Å². The van der Waals surface area contributed by atoms with E-state index in [9.17, 15) is 0 Å². The van der Waals surface area contributed by atoms with Crippen LogP contribution in [0.5, 0.6) is 11.5 Å². The van der Waals surface area contributed by atoms with Gasteiger partial charge in [0.25, 0.3) is 0 Å². The summed E-state index contributed by atoms with van der Waals surface area (Å²) in [6.07, 6.45) is 0. The number of rotatable bonds is 0. The monoisotopic (exact) mass is 168 g/mol. The molecule has 1 rings (SSSR count). The van der Waals surface area contributed by atoms with Crippen molar-refractivity contribution in [3.05, 3.63) is 24.3 Å². The van der Waals surface area contributed by atoms with Gasteiger partial charge in [0.15, 0.2) is 11.5 Å². The van der Waals surface area contributed by atoms with E-state index >= 15 is 0 Å². The summed E-state index contributed by atoms with van der Waals surface area (Å²) in [5.41, 5.74) is 0. The highest BCUT2D eigenvalue weighted by Crippen LogP contribution is 2.21. The van der Waals surface area contributed by atoms with Crippen molar-refractivity contribution in [2.24, 2.45) is 0 Å². The smallest absolute Gasteiger partial charge is 0.242 e. The van der Waals surface area contributed by atoms with Crippen molar-refractivity contribution in [1.29, 1.82) is 0 Å². The summed E-state index contributed by atoms with van der Waals surface area (Å²) in [6, 6.07) is 6.15. The topological polar surface area (TPSA) is 77.8 Å².